The third-order valence-electron chi connectivity index (χ3n) is 0.406. The molecular formula is C3H4CsN2. The zero-order valence-electron chi connectivity index (χ0n) is 3.68. The van der Waals surface area contributed by atoms with Gasteiger partial charge in [-0.15, -0.1) is 0 Å². The minimum absolute atomic E-state index is 0. The molecule has 0 spiro atoms. The van der Waals surface area contributed by atoms with Crippen LogP contribution in [0.15, 0.2) is 18.7 Å². The second-order valence-corrected chi connectivity index (χ2v) is 0.761. The number of aromatic amines is 1. The van der Waals surface area contributed by atoms with Crippen molar-refractivity contribution < 1.29 is 0 Å². The molecule has 1 heterocycles. The van der Waals surface area contributed by atoms with Crippen LogP contribution in [0, 0.1) is 0 Å². The minimum atomic E-state index is 0. The predicted octanol–water partition coefficient (Wildman–Crippen LogP) is 0.0289. The van der Waals surface area contributed by atoms with E-state index >= 15 is 0 Å². The normalized spacial score (nSPS) is 6.67. The Kier molecular flexibility index (Phi) is 5.35. The van der Waals surface area contributed by atoms with Crippen molar-refractivity contribution in [3.63, 3.8) is 0 Å². The molecule has 6 heavy (non-hydrogen) atoms. The first-order chi connectivity index (χ1) is 2.50. The van der Waals surface area contributed by atoms with E-state index in [1.165, 1.54) is 0 Å². The summed E-state index contributed by atoms with van der Waals surface area (Å²) in [6.45, 7) is 0. The van der Waals surface area contributed by atoms with Gasteiger partial charge in [0.05, 0.1) is 6.33 Å². The Labute approximate surface area is 95.2 Å². The molecule has 0 aliphatic rings. The molecule has 1 aromatic heterocycles. The quantitative estimate of drug-likeness (QED) is 0.630. The van der Waals surface area contributed by atoms with E-state index in [1.807, 2.05) is 0 Å². The van der Waals surface area contributed by atoms with Gasteiger partial charge in [-0.25, -0.2) is 4.98 Å². The molecule has 27 valence electrons. The number of nitrogens with zero attached hydrogens (tertiary/aromatic N) is 1. The molecule has 0 saturated carbocycles. The summed E-state index contributed by atoms with van der Waals surface area (Å²) in [7, 11) is 0. The molecule has 0 aliphatic carbocycles. The molecule has 3 heteroatoms. The average Bonchev–Trinajstić information content (AvgIpc) is 1.76. The zero-order chi connectivity index (χ0) is 3.54. The summed E-state index contributed by atoms with van der Waals surface area (Å²) in [5.41, 5.74) is 0. The molecule has 1 aromatic rings. The molecule has 1 radical (unpaired) electrons. The first kappa shape index (κ1) is 7.26. The van der Waals surface area contributed by atoms with Crippen LogP contribution in [0.1, 0.15) is 0 Å². The van der Waals surface area contributed by atoms with Crippen molar-refractivity contribution in [1.29, 1.82) is 0 Å². The molecular weight excluding hydrogens is 197 g/mol. The molecule has 0 unspecified atom stereocenters. The van der Waals surface area contributed by atoms with E-state index < -0.39 is 0 Å². The third-order valence-corrected chi connectivity index (χ3v) is 0.406. The van der Waals surface area contributed by atoms with Crippen molar-refractivity contribution in [3.05, 3.63) is 18.7 Å². The molecule has 0 aromatic carbocycles. The number of aromatic nitrogens is 2. The summed E-state index contributed by atoms with van der Waals surface area (Å²) in [5, 5.41) is 0. The van der Waals surface area contributed by atoms with Crippen LogP contribution in [0.2, 0.25) is 0 Å². The maximum atomic E-state index is 3.67. The summed E-state index contributed by atoms with van der Waals surface area (Å²) >= 11 is 0. The Morgan fingerprint density at radius 2 is 2.33 bits per heavy atom. The Balaban J connectivity index is 0.000000250. The van der Waals surface area contributed by atoms with Crippen LogP contribution in [0.5, 0.6) is 0 Å². The Morgan fingerprint density at radius 3 is 2.50 bits per heavy atom. The third kappa shape index (κ3) is 2.44. The van der Waals surface area contributed by atoms with Crippen LogP contribution in [-0.2, 0) is 0 Å². The summed E-state index contributed by atoms with van der Waals surface area (Å²) in [5.74, 6) is 0. The van der Waals surface area contributed by atoms with Gasteiger partial charge in [0.1, 0.15) is 0 Å². The van der Waals surface area contributed by atoms with E-state index in [2.05, 4.69) is 9.97 Å². The van der Waals surface area contributed by atoms with Gasteiger partial charge >= 0.3 is 0 Å². The maximum Gasteiger partial charge on any atom is 0.0919 e. The van der Waals surface area contributed by atoms with E-state index in [0.717, 1.165) is 0 Å². The van der Waals surface area contributed by atoms with E-state index in [0.29, 0.717) is 0 Å². The van der Waals surface area contributed by atoms with Crippen LogP contribution in [0.4, 0.5) is 0 Å². The molecule has 0 fully saturated rings. The minimum Gasteiger partial charge on any atom is -0.351 e. The summed E-state index contributed by atoms with van der Waals surface area (Å²) in [4.78, 5) is 6.42. The fourth-order valence-electron chi connectivity index (χ4n) is 0.215. The number of hydrogen-bond donors (Lipinski definition) is 1. The monoisotopic (exact) mass is 201 g/mol. The topological polar surface area (TPSA) is 28.7 Å². The van der Waals surface area contributed by atoms with Gasteiger partial charge in [0, 0.05) is 81.3 Å². The van der Waals surface area contributed by atoms with Crippen molar-refractivity contribution in [2.45, 2.75) is 0 Å². The van der Waals surface area contributed by atoms with Crippen LogP contribution in [0.25, 0.3) is 0 Å². The first-order valence-electron chi connectivity index (χ1n) is 1.43. The Bertz CT molecular complexity index is 65.3. The van der Waals surface area contributed by atoms with Crippen molar-refractivity contribution in [1.82, 2.24) is 9.97 Å². The molecule has 2 nitrogen and oxygen atoms in total. The number of rotatable bonds is 0. The maximum absolute atomic E-state index is 3.67. The van der Waals surface area contributed by atoms with Gasteiger partial charge in [0.15, 0.2) is 0 Å². The largest absolute Gasteiger partial charge is 0.351 e. The van der Waals surface area contributed by atoms with Gasteiger partial charge in [-0.2, -0.15) is 0 Å². The van der Waals surface area contributed by atoms with Crippen molar-refractivity contribution >= 4 is 68.9 Å². The van der Waals surface area contributed by atoms with E-state index in [9.17, 15) is 0 Å². The Hall–Kier alpha value is 1.26. The van der Waals surface area contributed by atoms with Crippen molar-refractivity contribution in [2.24, 2.45) is 0 Å². The Morgan fingerprint density at radius 1 is 1.50 bits per heavy atom. The van der Waals surface area contributed by atoms with E-state index in [1.54, 1.807) is 18.7 Å². The molecule has 0 aliphatic heterocycles. The van der Waals surface area contributed by atoms with Gasteiger partial charge in [-0.1, -0.05) is 0 Å². The van der Waals surface area contributed by atoms with Crippen LogP contribution in [-0.4, -0.2) is 78.9 Å². The average molecular weight is 201 g/mol. The zero-order valence-corrected chi connectivity index (χ0v) is 9.96. The van der Waals surface area contributed by atoms with Crippen molar-refractivity contribution in [3.8, 4) is 0 Å². The summed E-state index contributed by atoms with van der Waals surface area (Å²) in [6.07, 6.45) is 5.08. The van der Waals surface area contributed by atoms with Gasteiger partial charge < -0.3 is 4.98 Å². The first-order valence-corrected chi connectivity index (χ1v) is 1.43. The van der Waals surface area contributed by atoms with Gasteiger partial charge in [0.25, 0.3) is 0 Å². The number of imidazole rings is 1. The van der Waals surface area contributed by atoms with Crippen LogP contribution >= 0.6 is 0 Å². The van der Waals surface area contributed by atoms with Gasteiger partial charge in [-0.05, 0) is 0 Å². The second kappa shape index (κ2) is 4.42. The van der Waals surface area contributed by atoms with Gasteiger partial charge in [-0.3, -0.25) is 0 Å². The molecule has 0 amide bonds. The van der Waals surface area contributed by atoms with Crippen molar-refractivity contribution in [2.75, 3.05) is 0 Å². The van der Waals surface area contributed by atoms with Gasteiger partial charge in [0.2, 0.25) is 0 Å². The number of nitrogens with one attached hydrogen (secondary N) is 1. The van der Waals surface area contributed by atoms with Crippen LogP contribution in [0.3, 0.4) is 0 Å². The second-order valence-electron chi connectivity index (χ2n) is 0.761. The standard InChI is InChI=1S/C3H4N2.Cs/c1-2-5-3-4-1;/h1-3H,(H,4,5);. The molecule has 0 saturated heterocycles. The number of H-pyrrole nitrogens is 1. The fourth-order valence-corrected chi connectivity index (χ4v) is 0.215. The molecule has 1 rings (SSSR count). The number of hydrogen-bond acceptors (Lipinski definition) is 1. The molecule has 0 atom stereocenters. The summed E-state index contributed by atoms with van der Waals surface area (Å²) in [6, 6.07) is 0. The fraction of sp³-hybridized carbons (Fsp3) is 0. The summed E-state index contributed by atoms with van der Waals surface area (Å²) < 4.78 is 0. The van der Waals surface area contributed by atoms with E-state index in [-0.39, 0.29) is 68.9 Å². The molecule has 1 N–H and O–H groups in total. The molecule has 0 bridgehead atoms. The van der Waals surface area contributed by atoms with E-state index in [4.69, 9.17) is 0 Å². The predicted molar refractivity (Wildman–Crippen MR) is 24.3 cm³/mol. The SMILES string of the molecule is [Cs].c1c[nH]cn1. The van der Waals surface area contributed by atoms with Crippen LogP contribution < -0.4 is 0 Å². The smallest absolute Gasteiger partial charge is 0.0919 e.